The Morgan fingerprint density at radius 3 is 3.00 bits per heavy atom. The van der Waals surface area contributed by atoms with Gasteiger partial charge in [0.1, 0.15) is 0 Å². The van der Waals surface area contributed by atoms with Crippen LogP contribution in [0.3, 0.4) is 0 Å². The van der Waals surface area contributed by atoms with Crippen LogP contribution in [0.15, 0.2) is 4.99 Å². The zero-order valence-corrected chi connectivity index (χ0v) is 10.6. The van der Waals surface area contributed by atoms with Crippen LogP contribution in [0.25, 0.3) is 0 Å². The number of hydrogen-bond donors (Lipinski definition) is 1. The quantitative estimate of drug-likeness (QED) is 0.681. The number of ether oxygens (including phenoxy) is 1. The molecule has 1 unspecified atom stereocenters. The molecule has 1 fully saturated rings. The van der Waals surface area contributed by atoms with Gasteiger partial charge in [-0.05, 0) is 19.3 Å². The lowest BCUT2D eigenvalue weighted by atomic mass is 10.3. The third kappa shape index (κ3) is 5.42. The zero-order chi connectivity index (χ0) is 10.9. The van der Waals surface area contributed by atoms with Crippen LogP contribution in [-0.4, -0.2) is 36.7 Å². The Morgan fingerprint density at radius 2 is 2.33 bits per heavy atom. The average molecular weight is 230 g/mol. The highest BCUT2D eigenvalue weighted by molar-refractivity contribution is 8.14. The number of nitrogens with zero attached hydrogens (tertiary/aromatic N) is 1. The molecule has 0 aliphatic carbocycles. The highest BCUT2D eigenvalue weighted by atomic mass is 32.2. The molecule has 88 valence electrons. The molecule has 0 spiro atoms. The molecule has 4 heteroatoms. The van der Waals surface area contributed by atoms with Gasteiger partial charge in [-0.1, -0.05) is 25.6 Å². The van der Waals surface area contributed by atoms with Gasteiger partial charge in [0.05, 0.1) is 0 Å². The van der Waals surface area contributed by atoms with Crippen LogP contribution < -0.4 is 5.32 Å². The first-order valence-electron chi connectivity index (χ1n) is 5.88. The van der Waals surface area contributed by atoms with E-state index < -0.39 is 0 Å². The largest absolute Gasteiger partial charge is 0.381 e. The Balaban J connectivity index is 2.01. The summed E-state index contributed by atoms with van der Waals surface area (Å²) in [6.45, 7) is 6.94. The molecule has 15 heavy (non-hydrogen) atoms. The minimum Gasteiger partial charge on any atom is -0.381 e. The summed E-state index contributed by atoms with van der Waals surface area (Å²) in [7, 11) is 0. The van der Waals surface area contributed by atoms with E-state index in [0.717, 1.165) is 37.8 Å². The van der Waals surface area contributed by atoms with Gasteiger partial charge in [-0.25, -0.2) is 0 Å². The van der Waals surface area contributed by atoms with Crippen molar-refractivity contribution in [3.8, 4) is 0 Å². The second kappa shape index (κ2) is 7.99. The number of thioether (sulfide) groups is 1. The molecule has 0 bridgehead atoms. The smallest absolute Gasteiger partial charge is 0.156 e. The normalized spacial score (nSPS) is 23.3. The molecule has 1 aliphatic rings. The van der Waals surface area contributed by atoms with E-state index in [9.17, 15) is 0 Å². The summed E-state index contributed by atoms with van der Waals surface area (Å²) < 4.78 is 5.39. The number of aliphatic imine (C=N–C) groups is 1. The van der Waals surface area contributed by atoms with Crippen molar-refractivity contribution < 1.29 is 4.74 Å². The summed E-state index contributed by atoms with van der Waals surface area (Å²) in [5.41, 5.74) is 0. The number of rotatable bonds is 7. The fraction of sp³-hybridized carbons (Fsp3) is 0.909. The molecule has 0 amide bonds. The van der Waals surface area contributed by atoms with Gasteiger partial charge >= 0.3 is 0 Å². The van der Waals surface area contributed by atoms with Gasteiger partial charge in [-0.15, -0.1) is 0 Å². The van der Waals surface area contributed by atoms with E-state index in [1.54, 1.807) is 0 Å². The lowest BCUT2D eigenvalue weighted by Crippen LogP contribution is -2.25. The summed E-state index contributed by atoms with van der Waals surface area (Å²) in [5, 5.41) is 4.54. The summed E-state index contributed by atoms with van der Waals surface area (Å²) in [5.74, 6) is 1.17. The molecule has 0 saturated carbocycles. The van der Waals surface area contributed by atoms with Crippen LogP contribution >= 0.6 is 11.8 Å². The molecule has 1 rings (SSSR count). The van der Waals surface area contributed by atoms with Gasteiger partial charge in [0.25, 0.3) is 0 Å². The molecule has 0 aromatic carbocycles. The topological polar surface area (TPSA) is 33.6 Å². The highest BCUT2D eigenvalue weighted by Crippen LogP contribution is 2.15. The van der Waals surface area contributed by atoms with Crippen LogP contribution in [0.2, 0.25) is 0 Å². The van der Waals surface area contributed by atoms with Gasteiger partial charge < -0.3 is 10.1 Å². The molecule has 1 aliphatic heterocycles. The first-order chi connectivity index (χ1) is 7.36. The van der Waals surface area contributed by atoms with Crippen molar-refractivity contribution in [2.45, 2.75) is 39.2 Å². The van der Waals surface area contributed by atoms with Gasteiger partial charge in [0, 0.05) is 31.6 Å². The van der Waals surface area contributed by atoms with E-state index in [-0.39, 0.29) is 0 Å². The van der Waals surface area contributed by atoms with Crippen LogP contribution in [0.5, 0.6) is 0 Å². The third-order valence-corrected chi connectivity index (χ3v) is 3.38. The monoisotopic (exact) mass is 230 g/mol. The van der Waals surface area contributed by atoms with E-state index in [0.29, 0.717) is 6.04 Å². The Morgan fingerprint density at radius 1 is 1.47 bits per heavy atom. The highest BCUT2D eigenvalue weighted by Gasteiger charge is 2.17. The molecule has 1 N–H and O–H groups in total. The fourth-order valence-corrected chi connectivity index (χ4v) is 2.45. The Kier molecular flexibility index (Phi) is 6.85. The van der Waals surface area contributed by atoms with Gasteiger partial charge in [0.2, 0.25) is 0 Å². The lowest BCUT2D eigenvalue weighted by molar-refractivity contribution is 0.134. The minimum absolute atomic E-state index is 0.630. The van der Waals surface area contributed by atoms with Crippen molar-refractivity contribution in [2.75, 3.05) is 25.5 Å². The predicted molar refractivity (Wildman–Crippen MR) is 67.7 cm³/mol. The van der Waals surface area contributed by atoms with Crippen molar-refractivity contribution in [3.05, 3.63) is 0 Å². The van der Waals surface area contributed by atoms with Crippen LogP contribution in [0.4, 0.5) is 0 Å². The predicted octanol–water partition coefficient (Wildman–Crippen LogP) is 2.27. The van der Waals surface area contributed by atoms with Crippen molar-refractivity contribution >= 4 is 16.9 Å². The first kappa shape index (κ1) is 12.8. The number of hydrogen-bond acceptors (Lipinski definition) is 3. The average Bonchev–Trinajstić information content (AvgIpc) is 2.71. The molecule has 1 atom stereocenters. The summed E-state index contributed by atoms with van der Waals surface area (Å²) in [6, 6.07) is 0.630. The van der Waals surface area contributed by atoms with E-state index in [2.05, 4.69) is 24.2 Å². The lowest BCUT2D eigenvalue weighted by Gasteiger charge is -2.04. The van der Waals surface area contributed by atoms with E-state index >= 15 is 0 Å². The van der Waals surface area contributed by atoms with Crippen molar-refractivity contribution in [2.24, 2.45) is 4.99 Å². The SMILES string of the molecule is CCCOCCCN=C1NC(CC)CS1. The third-order valence-electron chi connectivity index (χ3n) is 2.29. The van der Waals surface area contributed by atoms with Crippen molar-refractivity contribution in [3.63, 3.8) is 0 Å². The number of amidine groups is 1. The Hall–Kier alpha value is -0.220. The van der Waals surface area contributed by atoms with E-state index in [1.807, 2.05) is 11.8 Å². The van der Waals surface area contributed by atoms with Crippen molar-refractivity contribution in [1.82, 2.24) is 5.32 Å². The van der Waals surface area contributed by atoms with E-state index in [4.69, 9.17) is 4.74 Å². The molecule has 0 radical (unpaired) electrons. The maximum Gasteiger partial charge on any atom is 0.156 e. The molecular formula is C11H22N2OS. The van der Waals surface area contributed by atoms with E-state index in [1.165, 1.54) is 12.2 Å². The van der Waals surface area contributed by atoms with Gasteiger partial charge in [0.15, 0.2) is 5.17 Å². The fourth-order valence-electron chi connectivity index (χ4n) is 1.34. The van der Waals surface area contributed by atoms with Crippen LogP contribution in [0.1, 0.15) is 33.1 Å². The molecule has 1 saturated heterocycles. The first-order valence-corrected chi connectivity index (χ1v) is 6.86. The Bertz CT molecular complexity index is 197. The van der Waals surface area contributed by atoms with Crippen molar-refractivity contribution in [1.29, 1.82) is 0 Å². The molecule has 1 heterocycles. The second-order valence-corrected chi connectivity index (χ2v) is 4.72. The Labute approximate surface area is 97.1 Å². The van der Waals surface area contributed by atoms with Gasteiger partial charge in [-0.2, -0.15) is 0 Å². The maximum absolute atomic E-state index is 5.39. The minimum atomic E-state index is 0.630. The summed E-state index contributed by atoms with van der Waals surface area (Å²) in [4.78, 5) is 4.51. The molecule has 3 nitrogen and oxygen atoms in total. The van der Waals surface area contributed by atoms with Gasteiger partial charge in [-0.3, -0.25) is 4.99 Å². The molecule has 0 aromatic rings. The van der Waals surface area contributed by atoms with Crippen LogP contribution in [0, 0.1) is 0 Å². The summed E-state index contributed by atoms with van der Waals surface area (Å²) in [6.07, 6.45) is 3.32. The standard InChI is InChI=1S/C11H22N2OS/c1-3-7-14-8-5-6-12-11-13-10(4-2)9-15-11/h10H,3-9H2,1-2H3,(H,12,13). The number of nitrogens with one attached hydrogen (secondary N) is 1. The second-order valence-electron chi connectivity index (χ2n) is 3.71. The maximum atomic E-state index is 5.39. The summed E-state index contributed by atoms with van der Waals surface area (Å²) >= 11 is 1.84. The molecular weight excluding hydrogens is 208 g/mol. The van der Waals surface area contributed by atoms with Crippen LogP contribution in [-0.2, 0) is 4.74 Å². The zero-order valence-electron chi connectivity index (χ0n) is 9.79. The molecule has 0 aromatic heterocycles.